The Morgan fingerprint density at radius 3 is 2.50 bits per heavy atom. The van der Waals surface area contributed by atoms with Gasteiger partial charge in [-0.25, -0.2) is 0 Å². The van der Waals surface area contributed by atoms with Crippen LogP contribution < -0.4 is 11.5 Å². The molecule has 1 atom stereocenters. The van der Waals surface area contributed by atoms with Gasteiger partial charge in [0.1, 0.15) is 0 Å². The fourth-order valence-corrected chi connectivity index (χ4v) is 2.25. The van der Waals surface area contributed by atoms with Crippen molar-refractivity contribution >= 4 is 5.91 Å². The van der Waals surface area contributed by atoms with Crippen LogP contribution in [0.2, 0.25) is 0 Å². The maximum atomic E-state index is 12.8. The van der Waals surface area contributed by atoms with Crippen molar-refractivity contribution in [3.05, 3.63) is 41.6 Å². The molecule has 0 bridgehead atoms. The molecule has 0 aromatic carbocycles. The van der Waals surface area contributed by atoms with Gasteiger partial charge in [0.15, 0.2) is 0 Å². The summed E-state index contributed by atoms with van der Waals surface area (Å²) in [6.07, 6.45) is 5.98. The first-order valence-corrected chi connectivity index (χ1v) is 7.55. The molecule has 0 fully saturated rings. The summed E-state index contributed by atoms with van der Waals surface area (Å²) in [5, 5.41) is 4.38. The standard InChI is InChI=1S/C16H27N5O/c1-6-20(14(9-18)7-8-17)16(22)15-10-19-21(13(15)5)12(4)11(2)3/h7-12H,6,17-18H2,1-5H3/b8-7-,14-9+. The van der Waals surface area contributed by atoms with Crippen LogP contribution in [0, 0.1) is 12.8 Å². The molecular weight excluding hydrogens is 278 g/mol. The number of likely N-dealkylation sites (N-methyl/N-ethyl adjacent to an activating group) is 1. The maximum Gasteiger partial charge on any atom is 0.261 e. The fourth-order valence-electron chi connectivity index (χ4n) is 2.25. The number of carbonyl (C=O) groups is 1. The Bertz CT molecular complexity index is 571. The molecule has 0 aliphatic heterocycles. The molecule has 0 radical (unpaired) electrons. The first-order chi connectivity index (χ1) is 10.4. The summed E-state index contributed by atoms with van der Waals surface area (Å²) in [5.74, 6) is 0.306. The van der Waals surface area contributed by atoms with Gasteiger partial charge in [0.05, 0.1) is 23.5 Å². The Kier molecular flexibility index (Phi) is 6.22. The zero-order chi connectivity index (χ0) is 16.9. The van der Waals surface area contributed by atoms with Crippen molar-refractivity contribution in [2.45, 2.75) is 40.7 Å². The Morgan fingerprint density at radius 2 is 2.05 bits per heavy atom. The Labute approximate surface area is 132 Å². The van der Waals surface area contributed by atoms with Gasteiger partial charge in [0, 0.05) is 18.4 Å². The molecule has 22 heavy (non-hydrogen) atoms. The van der Waals surface area contributed by atoms with Crippen LogP contribution in [0.3, 0.4) is 0 Å². The average Bonchev–Trinajstić information content (AvgIpc) is 2.87. The molecule has 0 spiro atoms. The topological polar surface area (TPSA) is 90.2 Å². The van der Waals surface area contributed by atoms with Crippen LogP contribution in [-0.4, -0.2) is 27.1 Å². The predicted molar refractivity (Wildman–Crippen MR) is 88.8 cm³/mol. The second-order valence-corrected chi connectivity index (χ2v) is 5.57. The van der Waals surface area contributed by atoms with Gasteiger partial charge in [-0.05, 0) is 39.0 Å². The number of hydrogen-bond acceptors (Lipinski definition) is 4. The van der Waals surface area contributed by atoms with Crippen LogP contribution in [-0.2, 0) is 0 Å². The maximum absolute atomic E-state index is 12.8. The first kappa shape index (κ1) is 17.8. The highest BCUT2D eigenvalue weighted by atomic mass is 16.2. The SMILES string of the molecule is CCN(C(=O)c1cnn(C(C)C(C)C)c1C)C(/C=C\N)=C/N. The van der Waals surface area contributed by atoms with E-state index in [1.807, 2.05) is 18.5 Å². The zero-order valence-corrected chi connectivity index (χ0v) is 14.1. The first-order valence-electron chi connectivity index (χ1n) is 7.55. The van der Waals surface area contributed by atoms with Gasteiger partial charge in [-0.2, -0.15) is 5.10 Å². The van der Waals surface area contributed by atoms with Crippen molar-refractivity contribution in [1.82, 2.24) is 14.7 Å². The summed E-state index contributed by atoms with van der Waals surface area (Å²) in [6, 6.07) is 0.227. The van der Waals surface area contributed by atoms with Crippen molar-refractivity contribution in [3.63, 3.8) is 0 Å². The van der Waals surface area contributed by atoms with E-state index in [0.29, 0.717) is 23.7 Å². The summed E-state index contributed by atoms with van der Waals surface area (Å²) >= 11 is 0. The molecule has 4 N–H and O–H groups in total. The minimum Gasteiger partial charge on any atom is -0.405 e. The molecule has 0 saturated carbocycles. The van der Waals surface area contributed by atoms with E-state index in [1.54, 1.807) is 17.2 Å². The summed E-state index contributed by atoms with van der Waals surface area (Å²) in [5.41, 5.74) is 13.0. The van der Waals surface area contributed by atoms with Crippen LogP contribution in [0.5, 0.6) is 0 Å². The molecule has 6 nitrogen and oxygen atoms in total. The van der Waals surface area contributed by atoms with Gasteiger partial charge in [0.2, 0.25) is 0 Å². The van der Waals surface area contributed by atoms with E-state index in [1.165, 1.54) is 12.4 Å². The van der Waals surface area contributed by atoms with E-state index in [4.69, 9.17) is 11.5 Å². The lowest BCUT2D eigenvalue weighted by Gasteiger charge is -2.22. The molecule has 122 valence electrons. The number of rotatable bonds is 6. The van der Waals surface area contributed by atoms with Crippen molar-refractivity contribution in [2.24, 2.45) is 17.4 Å². The molecule has 0 saturated heterocycles. The molecule has 0 aliphatic carbocycles. The molecular formula is C16H27N5O. The minimum atomic E-state index is -0.128. The van der Waals surface area contributed by atoms with Crippen LogP contribution in [0.25, 0.3) is 0 Å². The number of aromatic nitrogens is 2. The molecule has 1 heterocycles. The van der Waals surface area contributed by atoms with E-state index in [0.717, 1.165) is 5.69 Å². The Morgan fingerprint density at radius 1 is 1.41 bits per heavy atom. The number of carbonyl (C=O) groups excluding carboxylic acids is 1. The number of nitrogens with two attached hydrogens (primary N) is 2. The van der Waals surface area contributed by atoms with Crippen LogP contribution in [0.15, 0.2) is 30.4 Å². The molecule has 6 heteroatoms. The van der Waals surface area contributed by atoms with Gasteiger partial charge in [0.25, 0.3) is 5.91 Å². The fraction of sp³-hybridized carbons (Fsp3) is 0.500. The Hall–Kier alpha value is -2.24. The number of nitrogens with zero attached hydrogens (tertiary/aromatic N) is 3. The van der Waals surface area contributed by atoms with Crippen LogP contribution in [0.1, 0.15) is 49.8 Å². The highest BCUT2D eigenvalue weighted by Gasteiger charge is 2.23. The smallest absolute Gasteiger partial charge is 0.261 e. The van der Waals surface area contributed by atoms with Gasteiger partial charge < -0.3 is 16.4 Å². The van der Waals surface area contributed by atoms with Crippen LogP contribution >= 0.6 is 0 Å². The number of amides is 1. The molecule has 0 aliphatic rings. The lowest BCUT2D eigenvalue weighted by molar-refractivity contribution is 0.0816. The van der Waals surface area contributed by atoms with Crippen LogP contribution in [0.4, 0.5) is 0 Å². The minimum absolute atomic E-state index is 0.128. The summed E-state index contributed by atoms with van der Waals surface area (Å²) in [7, 11) is 0. The number of hydrogen-bond donors (Lipinski definition) is 2. The third-order valence-corrected chi connectivity index (χ3v) is 3.94. The van der Waals surface area contributed by atoms with E-state index in [9.17, 15) is 4.79 Å². The molecule has 1 aromatic rings. The van der Waals surface area contributed by atoms with E-state index in [2.05, 4.69) is 25.9 Å². The van der Waals surface area contributed by atoms with Gasteiger partial charge in [-0.1, -0.05) is 13.8 Å². The second kappa shape index (κ2) is 7.68. The third kappa shape index (κ3) is 3.50. The Balaban J connectivity index is 3.17. The number of allylic oxidation sites excluding steroid dienone is 1. The van der Waals surface area contributed by atoms with Crippen molar-refractivity contribution in [2.75, 3.05) is 6.54 Å². The highest BCUT2D eigenvalue weighted by Crippen LogP contribution is 2.21. The van der Waals surface area contributed by atoms with Gasteiger partial charge in [-0.3, -0.25) is 9.48 Å². The summed E-state index contributed by atoms with van der Waals surface area (Å²) < 4.78 is 1.90. The van der Waals surface area contributed by atoms with Gasteiger partial charge >= 0.3 is 0 Å². The lowest BCUT2D eigenvalue weighted by atomic mass is 10.1. The monoisotopic (exact) mass is 305 g/mol. The van der Waals surface area contributed by atoms with E-state index < -0.39 is 0 Å². The lowest BCUT2D eigenvalue weighted by Crippen LogP contribution is -2.30. The zero-order valence-electron chi connectivity index (χ0n) is 14.1. The average molecular weight is 305 g/mol. The second-order valence-electron chi connectivity index (χ2n) is 5.57. The predicted octanol–water partition coefficient (Wildman–Crippen LogP) is 2.14. The van der Waals surface area contributed by atoms with Gasteiger partial charge in [-0.15, -0.1) is 0 Å². The highest BCUT2D eigenvalue weighted by molar-refractivity contribution is 5.96. The summed E-state index contributed by atoms with van der Waals surface area (Å²) in [6.45, 7) is 10.7. The largest absolute Gasteiger partial charge is 0.405 e. The molecule has 1 aromatic heterocycles. The normalized spacial score (nSPS) is 13.8. The molecule has 1 amide bonds. The van der Waals surface area contributed by atoms with Crippen molar-refractivity contribution in [3.8, 4) is 0 Å². The van der Waals surface area contributed by atoms with E-state index in [-0.39, 0.29) is 11.9 Å². The quantitative estimate of drug-likeness (QED) is 0.788. The van der Waals surface area contributed by atoms with Crippen molar-refractivity contribution in [1.29, 1.82) is 0 Å². The van der Waals surface area contributed by atoms with Crippen molar-refractivity contribution < 1.29 is 4.79 Å². The molecule has 1 unspecified atom stereocenters. The molecule has 1 rings (SSSR count). The summed E-state index contributed by atoms with van der Waals surface area (Å²) in [4.78, 5) is 14.4. The third-order valence-electron chi connectivity index (χ3n) is 3.94. The van der Waals surface area contributed by atoms with E-state index >= 15 is 0 Å².